The minimum absolute atomic E-state index is 0.147. The number of nitrogens with zero attached hydrogens (tertiary/aromatic N) is 2. The number of nitrogens with one attached hydrogen (secondary N) is 2. The zero-order chi connectivity index (χ0) is 16.4. The number of carbonyl (C=O) groups is 2. The molecule has 2 atom stereocenters. The van der Waals surface area contributed by atoms with Crippen LogP contribution in [0.15, 0.2) is 40.5 Å². The van der Waals surface area contributed by atoms with E-state index in [1.165, 1.54) is 0 Å². The first-order chi connectivity index (χ1) is 11.2. The highest BCUT2D eigenvalue weighted by Gasteiger charge is 2.46. The van der Waals surface area contributed by atoms with Crippen LogP contribution in [-0.2, 0) is 9.59 Å². The lowest BCUT2D eigenvalue weighted by Gasteiger charge is -2.28. The van der Waals surface area contributed by atoms with Crippen LogP contribution in [0.25, 0.3) is 0 Å². The van der Waals surface area contributed by atoms with Gasteiger partial charge in [0.2, 0.25) is 11.8 Å². The molecule has 0 saturated carbocycles. The molecule has 0 bridgehead atoms. The van der Waals surface area contributed by atoms with Crippen LogP contribution in [0.1, 0.15) is 38.2 Å². The van der Waals surface area contributed by atoms with Crippen molar-refractivity contribution in [1.82, 2.24) is 10.9 Å². The largest absolute Gasteiger partial charge is 0.272 e. The molecule has 3 rings (SSSR count). The van der Waals surface area contributed by atoms with Crippen molar-refractivity contribution in [2.45, 2.75) is 32.6 Å². The second-order valence-electron chi connectivity index (χ2n) is 5.76. The molecule has 1 aromatic rings. The second-order valence-corrected chi connectivity index (χ2v) is 5.76. The number of hydrazone groups is 2. The fourth-order valence-corrected chi connectivity index (χ4v) is 3.43. The maximum atomic E-state index is 12.4. The molecule has 2 N–H and O–H groups in total. The normalized spacial score (nSPS) is 24.8. The van der Waals surface area contributed by atoms with E-state index in [9.17, 15) is 9.59 Å². The minimum atomic E-state index is -0.437. The molecule has 2 unspecified atom stereocenters. The van der Waals surface area contributed by atoms with Crippen molar-refractivity contribution in [2.75, 3.05) is 0 Å². The Kier molecular flexibility index (Phi) is 4.23. The Hall–Kier alpha value is -2.50. The van der Waals surface area contributed by atoms with E-state index in [1.54, 1.807) is 0 Å². The Balaban J connectivity index is 2.08. The number of hydrogen-bond acceptors (Lipinski definition) is 4. The lowest BCUT2D eigenvalue weighted by Crippen LogP contribution is -2.39. The summed E-state index contributed by atoms with van der Waals surface area (Å²) in [6.45, 7) is 3.94. The lowest BCUT2D eigenvalue weighted by atomic mass is 9.72. The summed E-state index contributed by atoms with van der Waals surface area (Å²) in [5, 5.41) is 8.31. The first kappa shape index (κ1) is 15.4. The summed E-state index contributed by atoms with van der Waals surface area (Å²) in [4.78, 5) is 24.8. The minimum Gasteiger partial charge on any atom is -0.272 e. The molecule has 1 aromatic carbocycles. The molecule has 2 aliphatic rings. The van der Waals surface area contributed by atoms with Crippen LogP contribution < -0.4 is 10.9 Å². The van der Waals surface area contributed by atoms with E-state index in [2.05, 4.69) is 21.1 Å². The van der Waals surface area contributed by atoms with Gasteiger partial charge >= 0.3 is 0 Å². The average Bonchev–Trinajstić information content (AvgIpc) is 3.13. The van der Waals surface area contributed by atoms with Gasteiger partial charge in [-0.05, 0) is 18.4 Å². The summed E-state index contributed by atoms with van der Waals surface area (Å²) in [6.07, 6.45) is 1.33. The number of rotatable bonds is 5. The Morgan fingerprint density at radius 2 is 1.39 bits per heavy atom. The first-order valence-electron chi connectivity index (χ1n) is 7.94. The topological polar surface area (TPSA) is 82.9 Å². The molecular weight excluding hydrogens is 292 g/mol. The second kappa shape index (κ2) is 6.32. The summed E-state index contributed by atoms with van der Waals surface area (Å²) in [5.74, 6) is -1.46. The van der Waals surface area contributed by atoms with Gasteiger partial charge in [0.05, 0.1) is 23.3 Å². The van der Waals surface area contributed by atoms with Gasteiger partial charge < -0.3 is 0 Å². The summed E-state index contributed by atoms with van der Waals surface area (Å²) in [6, 6.07) is 9.69. The highest BCUT2D eigenvalue weighted by molar-refractivity contribution is 6.13. The molecule has 120 valence electrons. The van der Waals surface area contributed by atoms with E-state index in [-0.39, 0.29) is 17.7 Å². The quantitative estimate of drug-likeness (QED) is 0.869. The van der Waals surface area contributed by atoms with Gasteiger partial charge in [-0.25, -0.2) is 10.9 Å². The van der Waals surface area contributed by atoms with Crippen LogP contribution in [0.4, 0.5) is 0 Å². The number of amides is 2. The molecular formula is C17H20N4O2. The molecule has 0 radical (unpaired) electrons. The first-order valence-corrected chi connectivity index (χ1v) is 7.94. The third kappa shape index (κ3) is 2.65. The maximum absolute atomic E-state index is 12.4. The van der Waals surface area contributed by atoms with Crippen LogP contribution in [0.2, 0.25) is 0 Å². The van der Waals surface area contributed by atoms with Gasteiger partial charge in [-0.15, -0.1) is 0 Å². The highest BCUT2D eigenvalue weighted by atomic mass is 16.2. The van der Waals surface area contributed by atoms with Crippen molar-refractivity contribution in [3.05, 3.63) is 35.9 Å². The van der Waals surface area contributed by atoms with Crippen LogP contribution in [0.5, 0.6) is 0 Å². The van der Waals surface area contributed by atoms with Crippen LogP contribution in [0, 0.1) is 11.8 Å². The van der Waals surface area contributed by atoms with Crippen molar-refractivity contribution in [3.63, 3.8) is 0 Å². The number of benzene rings is 1. The van der Waals surface area contributed by atoms with Crippen LogP contribution in [0.3, 0.4) is 0 Å². The maximum Gasteiger partial charge on any atom is 0.249 e. The van der Waals surface area contributed by atoms with Crippen molar-refractivity contribution in [2.24, 2.45) is 22.0 Å². The third-order valence-electron chi connectivity index (χ3n) is 4.53. The summed E-state index contributed by atoms with van der Waals surface area (Å²) in [7, 11) is 0. The SMILES string of the molecule is CCC1=NNC(=O)C1C(c1ccccc1)C1C(=O)NN=C1CC. The molecule has 0 spiro atoms. The van der Waals surface area contributed by atoms with Crippen molar-refractivity contribution >= 4 is 23.2 Å². The molecule has 2 amide bonds. The Morgan fingerprint density at radius 1 is 0.913 bits per heavy atom. The fraction of sp³-hybridized carbons (Fsp3) is 0.412. The molecule has 0 aliphatic carbocycles. The van der Waals surface area contributed by atoms with Gasteiger partial charge in [-0.3, -0.25) is 9.59 Å². The fourth-order valence-electron chi connectivity index (χ4n) is 3.43. The van der Waals surface area contributed by atoms with E-state index >= 15 is 0 Å². The van der Waals surface area contributed by atoms with E-state index in [4.69, 9.17) is 0 Å². The summed E-state index contributed by atoms with van der Waals surface area (Å²) in [5.41, 5.74) is 7.68. The Bertz CT molecular complexity index is 641. The molecule has 23 heavy (non-hydrogen) atoms. The predicted molar refractivity (Wildman–Crippen MR) is 87.9 cm³/mol. The van der Waals surface area contributed by atoms with E-state index in [0.29, 0.717) is 12.8 Å². The van der Waals surface area contributed by atoms with Gasteiger partial charge in [0.1, 0.15) is 0 Å². The molecule has 0 fully saturated rings. The molecule has 6 heteroatoms. The van der Waals surface area contributed by atoms with Crippen molar-refractivity contribution in [3.8, 4) is 0 Å². The van der Waals surface area contributed by atoms with Crippen molar-refractivity contribution < 1.29 is 9.59 Å². The molecule has 0 saturated heterocycles. The molecule has 0 aromatic heterocycles. The Morgan fingerprint density at radius 3 is 1.83 bits per heavy atom. The zero-order valence-corrected chi connectivity index (χ0v) is 13.2. The van der Waals surface area contributed by atoms with E-state index in [1.807, 2.05) is 44.2 Å². The smallest absolute Gasteiger partial charge is 0.249 e. The molecule has 2 heterocycles. The predicted octanol–water partition coefficient (Wildman–Crippen LogP) is 1.79. The highest BCUT2D eigenvalue weighted by Crippen LogP contribution is 2.38. The summed E-state index contributed by atoms with van der Waals surface area (Å²) < 4.78 is 0. The van der Waals surface area contributed by atoms with Gasteiger partial charge in [-0.1, -0.05) is 44.2 Å². The Labute approximate surface area is 135 Å². The zero-order valence-electron chi connectivity index (χ0n) is 13.2. The number of hydrogen-bond donors (Lipinski definition) is 2. The van der Waals surface area contributed by atoms with Crippen molar-refractivity contribution in [1.29, 1.82) is 0 Å². The van der Waals surface area contributed by atoms with Gasteiger partial charge in [0.15, 0.2) is 0 Å². The van der Waals surface area contributed by atoms with Gasteiger partial charge in [0, 0.05) is 5.92 Å². The van der Waals surface area contributed by atoms with E-state index < -0.39 is 11.8 Å². The van der Waals surface area contributed by atoms with E-state index in [0.717, 1.165) is 17.0 Å². The third-order valence-corrected chi connectivity index (χ3v) is 4.53. The van der Waals surface area contributed by atoms with Crippen LogP contribution >= 0.6 is 0 Å². The monoisotopic (exact) mass is 312 g/mol. The molecule has 6 nitrogen and oxygen atoms in total. The molecule has 2 aliphatic heterocycles. The van der Waals surface area contributed by atoms with Gasteiger partial charge in [0.25, 0.3) is 0 Å². The van der Waals surface area contributed by atoms with Crippen LogP contribution in [-0.4, -0.2) is 23.2 Å². The van der Waals surface area contributed by atoms with Gasteiger partial charge in [-0.2, -0.15) is 10.2 Å². The average molecular weight is 312 g/mol. The number of carbonyl (C=O) groups excluding carboxylic acids is 2. The lowest BCUT2D eigenvalue weighted by molar-refractivity contribution is -0.125. The standard InChI is InChI=1S/C17H20N4O2/c1-3-11-14(16(22)20-18-11)13(10-8-6-5-7-9-10)15-12(4-2)19-21-17(15)23/h5-9,13-15H,3-4H2,1-2H3,(H,20,22)(H,21,23). The summed E-state index contributed by atoms with van der Waals surface area (Å²) >= 11 is 0.